The fraction of sp³-hybridized carbons (Fsp3) is 0.250. The van der Waals surface area contributed by atoms with E-state index in [4.69, 9.17) is 14.1 Å². The number of amides is 1. The molecule has 1 amide bonds. The van der Waals surface area contributed by atoms with Gasteiger partial charge in [0.2, 0.25) is 5.82 Å². The van der Waals surface area contributed by atoms with Gasteiger partial charge in [-0.1, -0.05) is 6.07 Å². The number of carbonyl (C=O) groups is 1. The van der Waals surface area contributed by atoms with Gasteiger partial charge in [0.25, 0.3) is 5.91 Å². The molecule has 27 heavy (non-hydrogen) atoms. The van der Waals surface area contributed by atoms with E-state index in [1.165, 1.54) is 0 Å². The maximum atomic E-state index is 12.5. The normalized spacial score (nSPS) is 11.7. The quantitative estimate of drug-likeness (QED) is 0.714. The maximum Gasteiger partial charge on any atom is 0.266 e. The second kappa shape index (κ2) is 7.90. The zero-order valence-electron chi connectivity index (χ0n) is 15.6. The Labute approximate surface area is 157 Å². The predicted molar refractivity (Wildman–Crippen MR) is 101 cm³/mol. The molecule has 3 rings (SSSR count). The molecule has 0 spiro atoms. The van der Waals surface area contributed by atoms with Crippen molar-refractivity contribution in [3.63, 3.8) is 0 Å². The third-order valence-corrected chi connectivity index (χ3v) is 4.25. The average Bonchev–Trinajstić information content (AvgIpc) is 3.12. The van der Waals surface area contributed by atoms with E-state index in [1.54, 1.807) is 26.2 Å². The summed E-state index contributed by atoms with van der Waals surface area (Å²) in [6.07, 6.45) is -0.715. The zero-order valence-corrected chi connectivity index (χ0v) is 15.6. The molecule has 7 nitrogen and oxygen atoms in total. The lowest BCUT2D eigenvalue weighted by Crippen LogP contribution is -2.30. The first-order chi connectivity index (χ1) is 13.0. The summed E-state index contributed by atoms with van der Waals surface area (Å²) >= 11 is 0. The molecule has 0 radical (unpaired) electrons. The number of anilines is 1. The van der Waals surface area contributed by atoms with Crippen molar-refractivity contribution >= 4 is 11.7 Å². The van der Waals surface area contributed by atoms with Crippen LogP contribution in [0.15, 0.2) is 47.1 Å². The zero-order chi connectivity index (χ0) is 19.4. The minimum atomic E-state index is -0.715. The van der Waals surface area contributed by atoms with Gasteiger partial charge < -0.3 is 14.8 Å². The maximum absolute atomic E-state index is 12.5. The topological polar surface area (TPSA) is 86.5 Å². The van der Waals surface area contributed by atoms with Crippen molar-refractivity contribution in [2.75, 3.05) is 12.4 Å². The molecule has 0 saturated carbocycles. The Balaban J connectivity index is 1.70. The van der Waals surface area contributed by atoms with E-state index in [9.17, 15) is 4.79 Å². The number of hydrogen-bond acceptors (Lipinski definition) is 6. The fourth-order valence-electron chi connectivity index (χ4n) is 2.47. The molecule has 0 fully saturated rings. The number of hydrogen-bond donors (Lipinski definition) is 1. The van der Waals surface area contributed by atoms with E-state index in [0.29, 0.717) is 11.4 Å². The minimum Gasteiger partial charge on any atom is -0.497 e. The molecular formula is C20H21N3O4. The van der Waals surface area contributed by atoms with Crippen LogP contribution in [0.1, 0.15) is 18.1 Å². The highest BCUT2D eigenvalue weighted by Crippen LogP contribution is 2.26. The highest BCUT2D eigenvalue weighted by Gasteiger charge is 2.20. The molecule has 0 unspecified atom stereocenters. The first-order valence-corrected chi connectivity index (χ1v) is 8.49. The molecule has 0 aliphatic heterocycles. The molecule has 0 saturated heterocycles. The summed E-state index contributed by atoms with van der Waals surface area (Å²) in [7, 11) is 1.59. The number of carbonyl (C=O) groups excluding carboxylic acids is 1. The van der Waals surface area contributed by atoms with Crippen LogP contribution < -0.4 is 14.8 Å². The minimum absolute atomic E-state index is 0.237. The van der Waals surface area contributed by atoms with Crippen molar-refractivity contribution < 1.29 is 18.9 Å². The van der Waals surface area contributed by atoms with Crippen molar-refractivity contribution in [1.29, 1.82) is 0 Å². The molecule has 140 valence electrons. The van der Waals surface area contributed by atoms with Crippen molar-refractivity contribution in [2.24, 2.45) is 0 Å². The highest BCUT2D eigenvalue weighted by molar-refractivity contribution is 5.96. The van der Waals surface area contributed by atoms with Gasteiger partial charge >= 0.3 is 0 Å². The van der Waals surface area contributed by atoms with Gasteiger partial charge in [-0.2, -0.15) is 0 Å². The number of ether oxygens (including phenoxy) is 2. The first-order valence-electron chi connectivity index (χ1n) is 8.49. The van der Waals surface area contributed by atoms with E-state index < -0.39 is 6.10 Å². The number of benzene rings is 2. The van der Waals surface area contributed by atoms with Gasteiger partial charge in [0.05, 0.1) is 7.11 Å². The Morgan fingerprint density at radius 2 is 1.74 bits per heavy atom. The smallest absolute Gasteiger partial charge is 0.266 e. The third kappa shape index (κ3) is 4.25. The molecular weight excluding hydrogens is 346 g/mol. The summed E-state index contributed by atoms with van der Waals surface area (Å²) < 4.78 is 15.7. The van der Waals surface area contributed by atoms with Crippen LogP contribution in [-0.4, -0.2) is 29.4 Å². The van der Waals surface area contributed by atoms with Gasteiger partial charge in [0, 0.05) is 5.56 Å². The van der Waals surface area contributed by atoms with Gasteiger partial charge in [0.15, 0.2) is 11.8 Å². The number of aryl methyl sites for hydroxylation is 2. The fourth-order valence-corrected chi connectivity index (χ4v) is 2.47. The van der Waals surface area contributed by atoms with E-state index in [-0.39, 0.29) is 11.7 Å². The summed E-state index contributed by atoms with van der Waals surface area (Å²) in [5, 5.41) is 10.4. The van der Waals surface area contributed by atoms with Gasteiger partial charge in [0.1, 0.15) is 11.5 Å². The number of aromatic nitrogens is 2. The third-order valence-electron chi connectivity index (χ3n) is 4.25. The van der Waals surface area contributed by atoms with Crippen LogP contribution in [0.2, 0.25) is 0 Å². The van der Waals surface area contributed by atoms with Crippen molar-refractivity contribution in [3.05, 3.63) is 53.6 Å². The Morgan fingerprint density at radius 1 is 1.04 bits per heavy atom. The Bertz CT molecular complexity index is 935. The van der Waals surface area contributed by atoms with Crippen molar-refractivity contribution in [1.82, 2.24) is 10.3 Å². The average molecular weight is 367 g/mol. The van der Waals surface area contributed by atoms with Crippen LogP contribution in [0.4, 0.5) is 5.82 Å². The van der Waals surface area contributed by atoms with Crippen LogP contribution in [-0.2, 0) is 4.79 Å². The highest BCUT2D eigenvalue weighted by atomic mass is 16.6. The van der Waals surface area contributed by atoms with Crippen LogP contribution in [0, 0.1) is 13.8 Å². The van der Waals surface area contributed by atoms with E-state index in [0.717, 1.165) is 22.4 Å². The van der Waals surface area contributed by atoms with E-state index >= 15 is 0 Å². The molecule has 7 heteroatoms. The Hall–Kier alpha value is -3.35. The summed E-state index contributed by atoms with van der Waals surface area (Å²) in [5.74, 6) is 1.24. The summed E-state index contributed by atoms with van der Waals surface area (Å²) in [6.45, 7) is 5.69. The van der Waals surface area contributed by atoms with Gasteiger partial charge in [-0.05, 0) is 78.6 Å². The first kappa shape index (κ1) is 18.4. The second-order valence-corrected chi connectivity index (χ2v) is 6.19. The lowest BCUT2D eigenvalue weighted by Gasteiger charge is -2.15. The SMILES string of the molecule is COc1ccc(-c2nonc2NC(=O)[C@@H](C)Oc2ccc(C)c(C)c2)cc1. The predicted octanol–water partition coefficient (Wildman–Crippen LogP) is 3.77. The summed E-state index contributed by atoms with van der Waals surface area (Å²) in [5.41, 5.74) is 3.44. The molecule has 0 bridgehead atoms. The van der Waals surface area contributed by atoms with Crippen LogP contribution in [0.5, 0.6) is 11.5 Å². The number of rotatable bonds is 6. The summed E-state index contributed by atoms with van der Waals surface area (Å²) in [4.78, 5) is 12.5. The van der Waals surface area contributed by atoms with Crippen molar-refractivity contribution in [3.8, 4) is 22.8 Å². The Morgan fingerprint density at radius 3 is 2.41 bits per heavy atom. The molecule has 1 aromatic heterocycles. The van der Waals surface area contributed by atoms with Gasteiger partial charge in [-0.15, -0.1) is 0 Å². The van der Waals surface area contributed by atoms with Gasteiger partial charge in [-0.3, -0.25) is 4.79 Å². The largest absolute Gasteiger partial charge is 0.497 e. The molecule has 3 aromatic rings. The summed E-state index contributed by atoms with van der Waals surface area (Å²) in [6, 6.07) is 12.9. The van der Waals surface area contributed by atoms with Crippen molar-refractivity contribution in [2.45, 2.75) is 26.9 Å². The standard InChI is InChI=1S/C20H21N3O4/c1-12-5-8-17(11-13(12)2)26-14(3)20(24)21-19-18(22-27-23-19)15-6-9-16(25-4)10-7-15/h5-11,14H,1-4H3,(H,21,23,24)/t14-/m1/s1. The number of nitrogens with one attached hydrogen (secondary N) is 1. The molecule has 1 heterocycles. The van der Waals surface area contributed by atoms with Crippen LogP contribution in [0.3, 0.4) is 0 Å². The van der Waals surface area contributed by atoms with E-state index in [1.807, 2.05) is 44.2 Å². The monoisotopic (exact) mass is 367 g/mol. The van der Waals surface area contributed by atoms with Gasteiger partial charge in [-0.25, -0.2) is 4.63 Å². The molecule has 1 atom stereocenters. The molecule has 1 N–H and O–H groups in total. The molecule has 0 aliphatic rings. The molecule has 0 aliphatic carbocycles. The molecule has 2 aromatic carbocycles. The van der Waals surface area contributed by atoms with Crippen LogP contribution >= 0.6 is 0 Å². The van der Waals surface area contributed by atoms with E-state index in [2.05, 4.69) is 15.6 Å². The Kier molecular flexibility index (Phi) is 5.40. The number of methoxy groups -OCH3 is 1. The lowest BCUT2D eigenvalue weighted by atomic mass is 10.1. The van der Waals surface area contributed by atoms with Crippen LogP contribution in [0.25, 0.3) is 11.3 Å². The number of nitrogens with zero attached hydrogens (tertiary/aromatic N) is 2. The second-order valence-electron chi connectivity index (χ2n) is 6.19. The lowest BCUT2D eigenvalue weighted by molar-refractivity contribution is -0.122.